The molecule has 4 bridgehead atoms. The molecule has 3 aromatic rings. The second-order valence-corrected chi connectivity index (χ2v) is 13.6. The molecule has 5 atom stereocenters. The zero-order valence-corrected chi connectivity index (χ0v) is 23.6. The number of amides is 1. The number of anilines is 2. The number of ether oxygens (including phenoxy) is 1. The van der Waals surface area contributed by atoms with E-state index in [0.29, 0.717) is 41.6 Å². The number of thiophene rings is 1. The number of nitriles is 1. The highest BCUT2D eigenvalue weighted by Gasteiger charge is 2.55. The standard InChI is InChI=1S/C30H36N6O2S/c1-29(2,3)38-28(37)35-24-21-9-18-10-22(24)13-30(11-18,12-21)17-34-26-23(14-31)16-33-27(36-26)32-15-20-6-4-5-19-7-8-39-25(19)20/h4-8,16,18,21-22,24H,9-13,15,17H2,1-3H3,(H,35,37)(H2,32,33,34,36)/t18?,21-,22+,24-,30+. The molecule has 1 aromatic carbocycles. The van der Waals surface area contributed by atoms with Gasteiger partial charge in [0.05, 0.1) is 6.20 Å². The Hall–Kier alpha value is -3.38. The second-order valence-electron chi connectivity index (χ2n) is 12.7. The summed E-state index contributed by atoms with van der Waals surface area (Å²) in [6.45, 7) is 7.09. The summed E-state index contributed by atoms with van der Waals surface area (Å²) in [5.41, 5.74) is 1.31. The van der Waals surface area contributed by atoms with Crippen LogP contribution in [0.4, 0.5) is 16.6 Å². The van der Waals surface area contributed by atoms with Gasteiger partial charge in [0.1, 0.15) is 23.1 Å². The Morgan fingerprint density at radius 3 is 2.72 bits per heavy atom. The topological polar surface area (TPSA) is 112 Å². The molecule has 39 heavy (non-hydrogen) atoms. The molecule has 3 N–H and O–H groups in total. The van der Waals surface area contributed by atoms with E-state index in [9.17, 15) is 10.1 Å². The van der Waals surface area contributed by atoms with Crippen molar-refractivity contribution >= 4 is 39.3 Å². The Labute approximate surface area is 233 Å². The number of carbonyl (C=O) groups is 1. The fraction of sp³-hybridized carbons (Fsp3) is 0.533. The van der Waals surface area contributed by atoms with E-state index in [1.807, 2.05) is 20.8 Å². The molecular formula is C30H36N6O2S. The number of carbonyl (C=O) groups excluding carboxylic acids is 1. The first-order valence-corrected chi connectivity index (χ1v) is 14.8. The van der Waals surface area contributed by atoms with Crippen LogP contribution in [0.5, 0.6) is 0 Å². The van der Waals surface area contributed by atoms with E-state index in [1.54, 1.807) is 17.5 Å². The molecule has 0 radical (unpaired) electrons. The molecule has 8 nitrogen and oxygen atoms in total. The van der Waals surface area contributed by atoms with Gasteiger partial charge >= 0.3 is 6.09 Å². The minimum absolute atomic E-state index is 0.155. The average molecular weight is 545 g/mol. The molecule has 4 aliphatic rings. The van der Waals surface area contributed by atoms with Gasteiger partial charge in [0.15, 0.2) is 0 Å². The summed E-state index contributed by atoms with van der Waals surface area (Å²) in [6.07, 6.45) is 6.95. The third kappa shape index (κ3) is 5.40. The summed E-state index contributed by atoms with van der Waals surface area (Å²) >= 11 is 1.73. The van der Waals surface area contributed by atoms with Crippen LogP contribution < -0.4 is 16.0 Å². The summed E-state index contributed by atoms with van der Waals surface area (Å²) < 4.78 is 6.83. The first-order chi connectivity index (χ1) is 18.7. The highest BCUT2D eigenvalue weighted by Crippen LogP contribution is 2.60. The van der Waals surface area contributed by atoms with Gasteiger partial charge in [0.25, 0.3) is 0 Å². The monoisotopic (exact) mass is 544 g/mol. The van der Waals surface area contributed by atoms with Crippen molar-refractivity contribution in [3.63, 3.8) is 0 Å². The Bertz CT molecular complexity index is 1410. The van der Waals surface area contributed by atoms with Crippen molar-refractivity contribution in [3.05, 3.63) is 47.0 Å². The smallest absolute Gasteiger partial charge is 0.407 e. The number of nitrogens with zero attached hydrogens (tertiary/aromatic N) is 3. The number of hydrogen-bond acceptors (Lipinski definition) is 8. The van der Waals surface area contributed by atoms with Crippen LogP contribution in [0.25, 0.3) is 10.1 Å². The molecule has 4 saturated carbocycles. The first-order valence-electron chi connectivity index (χ1n) is 13.9. The third-order valence-corrected chi connectivity index (χ3v) is 9.63. The van der Waals surface area contributed by atoms with Gasteiger partial charge in [-0.25, -0.2) is 9.78 Å². The van der Waals surface area contributed by atoms with Gasteiger partial charge in [-0.15, -0.1) is 11.3 Å². The zero-order valence-electron chi connectivity index (χ0n) is 22.8. The molecule has 4 fully saturated rings. The quantitative estimate of drug-likeness (QED) is 0.320. The molecule has 0 saturated heterocycles. The van der Waals surface area contributed by atoms with Gasteiger partial charge in [-0.3, -0.25) is 0 Å². The van der Waals surface area contributed by atoms with Crippen LogP contribution in [0.15, 0.2) is 35.8 Å². The van der Waals surface area contributed by atoms with Crippen LogP contribution in [-0.4, -0.2) is 34.2 Å². The Balaban J connectivity index is 1.12. The highest BCUT2D eigenvalue weighted by molar-refractivity contribution is 7.17. The van der Waals surface area contributed by atoms with Crippen molar-refractivity contribution in [2.24, 2.45) is 23.2 Å². The number of aromatic nitrogens is 2. The SMILES string of the molecule is CC(C)(C)OC(=O)N[C@@H]1[C@@H]2CC3C[C@H]1C[C@](CNc1nc(NCc4cccc5ccsc45)ncc1C#N)(C3)C2. The molecule has 0 spiro atoms. The lowest BCUT2D eigenvalue weighted by Crippen LogP contribution is -2.60. The van der Waals surface area contributed by atoms with Gasteiger partial charge in [0.2, 0.25) is 5.95 Å². The molecule has 1 amide bonds. The fourth-order valence-corrected chi connectivity index (χ4v) is 8.33. The lowest BCUT2D eigenvalue weighted by Gasteiger charge is -2.60. The van der Waals surface area contributed by atoms with Crippen molar-refractivity contribution < 1.29 is 9.53 Å². The summed E-state index contributed by atoms with van der Waals surface area (Å²) in [7, 11) is 0. The Morgan fingerprint density at radius 2 is 1.97 bits per heavy atom. The van der Waals surface area contributed by atoms with Gasteiger partial charge in [-0.1, -0.05) is 18.2 Å². The van der Waals surface area contributed by atoms with Crippen LogP contribution in [0.1, 0.15) is 64.0 Å². The van der Waals surface area contributed by atoms with E-state index in [-0.39, 0.29) is 17.6 Å². The fourth-order valence-electron chi connectivity index (χ4n) is 7.41. The zero-order chi connectivity index (χ0) is 27.2. The number of benzene rings is 1. The summed E-state index contributed by atoms with van der Waals surface area (Å²) in [5.74, 6) is 2.71. The molecular weight excluding hydrogens is 508 g/mol. The van der Waals surface area contributed by atoms with E-state index in [2.05, 4.69) is 56.6 Å². The summed E-state index contributed by atoms with van der Waals surface area (Å²) in [4.78, 5) is 21.6. The highest BCUT2D eigenvalue weighted by atomic mass is 32.1. The second kappa shape index (κ2) is 9.98. The molecule has 4 aliphatic carbocycles. The van der Waals surface area contributed by atoms with Gasteiger partial charge in [-0.2, -0.15) is 10.2 Å². The maximum atomic E-state index is 12.5. The largest absolute Gasteiger partial charge is 0.444 e. The van der Waals surface area contributed by atoms with Crippen molar-refractivity contribution in [2.75, 3.05) is 17.2 Å². The van der Waals surface area contributed by atoms with Gasteiger partial charge in [0, 0.05) is 23.8 Å². The van der Waals surface area contributed by atoms with E-state index in [1.165, 1.54) is 34.9 Å². The lowest BCUT2D eigenvalue weighted by atomic mass is 9.48. The normalized spacial score (nSPS) is 27.2. The van der Waals surface area contributed by atoms with Gasteiger partial charge < -0.3 is 20.7 Å². The summed E-state index contributed by atoms with van der Waals surface area (Å²) in [5, 5.41) is 23.2. The minimum atomic E-state index is -0.498. The van der Waals surface area contributed by atoms with E-state index >= 15 is 0 Å². The molecule has 1 unspecified atom stereocenters. The van der Waals surface area contributed by atoms with Crippen molar-refractivity contribution in [2.45, 2.75) is 71.1 Å². The van der Waals surface area contributed by atoms with Crippen LogP contribution in [0.2, 0.25) is 0 Å². The average Bonchev–Trinajstić information content (AvgIpc) is 3.37. The van der Waals surface area contributed by atoms with Crippen LogP contribution >= 0.6 is 11.3 Å². The molecule has 204 valence electrons. The molecule has 2 heterocycles. The Morgan fingerprint density at radius 1 is 1.18 bits per heavy atom. The first kappa shape index (κ1) is 25.9. The van der Waals surface area contributed by atoms with Crippen molar-refractivity contribution in [1.82, 2.24) is 15.3 Å². The number of alkyl carbamates (subject to hydrolysis) is 1. The molecule has 9 heteroatoms. The van der Waals surface area contributed by atoms with E-state index in [4.69, 9.17) is 9.72 Å². The minimum Gasteiger partial charge on any atom is -0.444 e. The molecule has 7 rings (SSSR count). The molecule has 2 aromatic heterocycles. The van der Waals surface area contributed by atoms with Crippen LogP contribution in [0.3, 0.4) is 0 Å². The predicted molar refractivity (Wildman–Crippen MR) is 154 cm³/mol. The number of nitrogens with one attached hydrogen (secondary N) is 3. The maximum Gasteiger partial charge on any atom is 0.407 e. The van der Waals surface area contributed by atoms with Crippen molar-refractivity contribution in [1.29, 1.82) is 5.26 Å². The van der Waals surface area contributed by atoms with E-state index < -0.39 is 5.60 Å². The number of fused-ring (bicyclic) bond motifs is 1. The third-order valence-electron chi connectivity index (χ3n) is 8.62. The maximum absolute atomic E-state index is 12.5. The van der Waals surface area contributed by atoms with Crippen molar-refractivity contribution in [3.8, 4) is 6.07 Å². The summed E-state index contributed by atoms with van der Waals surface area (Å²) in [6, 6.07) is 10.9. The number of rotatable bonds is 7. The molecule has 0 aliphatic heterocycles. The van der Waals surface area contributed by atoms with E-state index in [0.717, 1.165) is 19.4 Å². The Kier molecular flexibility index (Phi) is 6.62. The lowest BCUT2D eigenvalue weighted by molar-refractivity contribution is -0.0703. The van der Waals surface area contributed by atoms with Gasteiger partial charge in [-0.05, 0) is 98.4 Å². The van der Waals surface area contributed by atoms with Crippen LogP contribution in [0, 0.1) is 34.5 Å². The predicted octanol–water partition coefficient (Wildman–Crippen LogP) is 6.31. The van der Waals surface area contributed by atoms with Crippen LogP contribution in [-0.2, 0) is 11.3 Å². The number of hydrogen-bond donors (Lipinski definition) is 3.